The molecule has 0 unspecified atom stereocenters. The highest BCUT2D eigenvalue weighted by Gasteiger charge is 2.03. The molecule has 0 fully saturated rings. The number of nitrogens with one attached hydrogen (secondary N) is 1. The van der Waals surface area contributed by atoms with Crippen molar-refractivity contribution in [1.29, 1.82) is 0 Å². The molecule has 19 heavy (non-hydrogen) atoms. The molecular weight excluding hydrogens is 256 g/mol. The van der Waals surface area contributed by atoms with Crippen LogP contribution in [0.2, 0.25) is 5.02 Å². The first-order valence-corrected chi connectivity index (χ1v) is 6.98. The van der Waals surface area contributed by atoms with Crippen molar-refractivity contribution >= 4 is 28.7 Å². The highest BCUT2D eigenvalue weighted by atomic mass is 35.5. The average molecular weight is 275 g/mol. The minimum Gasteiger partial charge on any atom is -0.396 e. The van der Waals surface area contributed by atoms with E-state index in [9.17, 15) is 0 Å². The summed E-state index contributed by atoms with van der Waals surface area (Å²) in [5.74, 6) is 0. The van der Waals surface area contributed by atoms with Gasteiger partial charge >= 0.3 is 0 Å². The topological polar surface area (TPSA) is 38.0 Å². The lowest BCUT2D eigenvalue weighted by atomic mass is 10.1. The molecule has 0 saturated heterocycles. The van der Waals surface area contributed by atoms with Crippen molar-refractivity contribution < 1.29 is 0 Å². The van der Waals surface area contributed by atoms with Gasteiger partial charge in [-0.15, -0.1) is 0 Å². The van der Waals surface area contributed by atoms with Crippen LogP contribution >= 0.6 is 11.6 Å². The second kappa shape index (κ2) is 6.48. The van der Waals surface area contributed by atoms with Gasteiger partial charge in [0.2, 0.25) is 0 Å². The van der Waals surface area contributed by atoms with E-state index >= 15 is 0 Å². The van der Waals surface area contributed by atoms with Crippen LogP contribution in [-0.2, 0) is 6.42 Å². The average Bonchev–Trinajstić information content (AvgIpc) is 2.43. The lowest BCUT2D eigenvalue weighted by molar-refractivity contribution is 0.795. The minimum absolute atomic E-state index is 0.574. The summed E-state index contributed by atoms with van der Waals surface area (Å²) in [6, 6.07) is 14.0. The number of benzene rings is 2. The number of hydrogen-bond donors (Lipinski definition) is 2. The van der Waals surface area contributed by atoms with Gasteiger partial charge in [-0.05, 0) is 42.7 Å². The van der Waals surface area contributed by atoms with Gasteiger partial charge in [-0.25, -0.2) is 0 Å². The maximum Gasteiger partial charge on any atom is 0.0742 e. The van der Waals surface area contributed by atoms with Crippen LogP contribution in [0.5, 0.6) is 0 Å². The Morgan fingerprint density at radius 2 is 1.84 bits per heavy atom. The monoisotopic (exact) mass is 274 g/mol. The summed E-state index contributed by atoms with van der Waals surface area (Å²) in [5, 5.41) is 3.86. The SMILES string of the molecule is CCCCc1ccc(Nc2cccc(Cl)c2N)cc1. The van der Waals surface area contributed by atoms with Crippen molar-refractivity contribution in [3.05, 3.63) is 53.1 Å². The minimum atomic E-state index is 0.574. The first kappa shape index (κ1) is 13.8. The fourth-order valence-corrected chi connectivity index (χ4v) is 2.11. The maximum absolute atomic E-state index is 6.00. The largest absolute Gasteiger partial charge is 0.396 e. The van der Waals surface area contributed by atoms with E-state index in [1.165, 1.54) is 18.4 Å². The van der Waals surface area contributed by atoms with Gasteiger partial charge in [-0.2, -0.15) is 0 Å². The van der Waals surface area contributed by atoms with E-state index in [2.05, 4.69) is 36.5 Å². The molecule has 0 aliphatic heterocycles. The summed E-state index contributed by atoms with van der Waals surface area (Å²) in [5.41, 5.74) is 9.75. The fourth-order valence-electron chi connectivity index (χ4n) is 1.94. The Bertz CT molecular complexity index is 535. The summed E-state index contributed by atoms with van der Waals surface area (Å²) in [7, 11) is 0. The first-order chi connectivity index (χ1) is 9.20. The summed E-state index contributed by atoms with van der Waals surface area (Å²) >= 11 is 6.00. The van der Waals surface area contributed by atoms with Crippen LogP contribution in [0.1, 0.15) is 25.3 Å². The number of hydrogen-bond acceptors (Lipinski definition) is 2. The zero-order chi connectivity index (χ0) is 13.7. The van der Waals surface area contributed by atoms with Crippen molar-refractivity contribution in [2.75, 3.05) is 11.1 Å². The number of halogens is 1. The van der Waals surface area contributed by atoms with Crippen LogP contribution < -0.4 is 11.1 Å². The molecule has 0 amide bonds. The molecule has 0 atom stereocenters. The molecule has 0 radical (unpaired) electrons. The molecule has 3 heteroatoms. The molecule has 2 rings (SSSR count). The van der Waals surface area contributed by atoms with E-state index in [4.69, 9.17) is 17.3 Å². The van der Waals surface area contributed by atoms with Crippen molar-refractivity contribution in [1.82, 2.24) is 0 Å². The van der Waals surface area contributed by atoms with Gasteiger partial charge in [0.05, 0.1) is 16.4 Å². The predicted molar refractivity (Wildman–Crippen MR) is 84.2 cm³/mol. The molecular formula is C16H19ClN2. The van der Waals surface area contributed by atoms with Crippen LogP contribution in [0.3, 0.4) is 0 Å². The van der Waals surface area contributed by atoms with Gasteiger partial charge in [-0.3, -0.25) is 0 Å². The quantitative estimate of drug-likeness (QED) is 0.752. The second-order valence-electron chi connectivity index (χ2n) is 4.63. The lowest BCUT2D eigenvalue weighted by Gasteiger charge is -2.11. The molecule has 2 nitrogen and oxygen atoms in total. The van der Waals surface area contributed by atoms with Gasteiger partial charge in [0.15, 0.2) is 0 Å². The van der Waals surface area contributed by atoms with Gasteiger partial charge in [-0.1, -0.05) is 43.1 Å². The number of aryl methyl sites for hydroxylation is 1. The Morgan fingerprint density at radius 3 is 2.53 bits per heavy atom. The summed E-state index contributed by atoms with van der Waals surface area (Å²) < 4.78 is 0. The molecule has 2 aromatic rings. The summed E-state index contributed by atoms with van der Waals surface area (Å²) in [4.78, 5) is 0. The van der Waals surface area contributed by atoms with E-state index in [0.29, 0.717) is 10.7 Å². The highest BCUT2D eigenvalue weighted by Crippen LogP contribution is 2.29. The number of nitrogen functional groups attached to an aromatic ring is 1. The highest BCUT2D eigenvalue weighted by molar-refractivity contribution is 6.33. The number of nitrogens with two attached hydrogens (primary N) is 1. The Kier molecular flexibility index (Phi) is 4.69. The number of para-hydroxylation sites is 1. The van der Waals surface area contributed by atoms with Gasteiger partial charge in [0.1, 0.15) is 0 Å². The van der Waals surface area contributed by atoms with Crippen molar-refractivity contribution in [3.63, 3.8) is 0 Å². The van der Waals surface area contributed by atoms with Crippen LogP contribution in [0.25, 0.3) is 0 Å². The Morgan fingerprint density at radius 1 is 1.11 bits per heavy atom. The van der Waals surface area contributed by atoms with Gasteiger partial charge in [0, 0.05) is 5.69 Å². The zero-order valence-corrected chi connectivity index (χ0v) is 11.9. The molecule has 2 aromatic carbocycles. The molecule has 0 bridgehead atoms. The molecule has 0 spiro atoms. The van der Waals surface area contributed by atoms with E-state index in [1.807, 2.05) is 12.1 Å². The predicted octanol–water partition coefficient (Wildman–Crippen LogP) is 5.01. The van der Waals surface area contributed by atoms with Gasteiger partial charge < -0.3 is 11.1 Å². The molecule has 0 aliphatic rings. The molecule has 0 aliphatic carbocycles. The van der Waals surface area contributed by atoms with E-state index in [0.717, 1.165) is 17.8 Å². The first-order valence-electron chi connectivity index (χ1n) is 6.60. The van der Waals surface area contributed by atoms with Crippen molar-refractivity contribution in [3.8, 4) is 0 Å². The normalized spacial score (nSPS) is 10.4. The second-order valence-corrected chi connectivity index (χ2v) is 5.03. The Hall–Kier alpha value is -1.67. The third kappa shape index (κ3) is 3.65. The fraction of sp³-hybridized carbons (Fsp3) is 0.250. The van der Waals surface area contributed by atoms with E-state index in [1.54, 1.807) is 6.07 Å². The third-order valence-corrected chi connectivity index (χ3v) is 3.43. The van der Waals surface area contributed by atoms with Gasteiger partial charge in [0.25, 0.3) is 0 Å². The maximum atomic E-state index is 6.00. The van der Waals surface area contributed by atoms with Crippen LogP contribution in [0.15, 0.2) is 42.5 Å². The van der Waals surface area contributed by atoms with Crippen molar-refractivity contribution in [2.24, 2.45) is 0 Å². The standard InChI is InChI=1S/C16H19ClN2/c1-2-3-5-12-8-10-13(11-9-12)19-15-7-4-6-14(17)16(15)18/h4,6-11,19H,2-3,5,18H2,1H3. The lowest BCUT2D eigenvalue weighted by Crippen LogP contribution is -1.97. The molecule has 3 N–H and O–H groups in total. The Labute approximate surface area is 119 Å². The molecule has 100 valence electrons. The third-order valence-electron chi connectivity index (χ3n) is 3.10. The van der Waals surface area contributed by atoms with E-state index < -0.39 is 0 Å². The van der Waals surface area contributed by atoms with E-state index in [-0.39, 0.29) is 0 Å². The van der Waals surface area contributed by atoms with Crippen LogP contribution in [0, 0.1) is 0 Å². The Balaban J connectivity index is 2.09. The molecule has 0 aromatic heterocycles. The number of unbranched alkanes of at least 4 members (excludes halogenated alkanes) is 1. The molecule has 0 saturated carbocycles. The zero-order valence-electron chi connectivity index (χ0n) is 11.1. The van der Waals surface area contributed by atoms with Crippen molar-refractivity contribution in [2.45, 2.75) is 26.2 Å². The van der Waals surface area contributed by atoms with Crippen LogP contribution in [0.4, 0.5) is 17.1 Å². The number of rotatable bonds is 5. The summed E-state index contributed by atoms with van der Waals surface area (Å²) in [6.07, 6.45) is 3.59. The summed E-state index contributed by atoms with van der Waals surface area (Å²) in [6.45, 7) is 2.21. The molecule has 0 heterocycles. The van der Waals surface area contributed by atoms with Crippen LogP contribution in [-0.4, -0.2) is 0 Å². The smallest absolute Gasteiger partial charge is 0.0742 e. The number of anilines is 3.